The van der Waals surface area contributed by atoms with E-state index >= 15 is 0 Å². The quantitative estimate of drug-likeness (QED) is 0.465. The number of ether oxygens (including phenoxy) is 1. The lowest BCUT2D eigenvalue weighted by Gasteiger charge is -2.21. The monoisotopic (exact) mass is 271 g/mol. The van der Waals surface area contributed by atoms with Gasteiger partial charge in [0.2, 0.25) is 0 Å². The summed E-state index contributed by atoms with van der Waals surface area (Å²) in [5, 5.41) is 0. The summed E-state index contributed by atoms with van der Waals surface area (Å²) in [5.74, 6) is 0.0375. The fraction of sp³-hybridized carbons (Fsp3) is 0.938. The van der Waals surface area contributed by atoms with Crippen molar-refractivity contribution in [2.75, 3.05) is 0 Å². The van der Waals surface area contributed by atoms with Gasteiger partial charge in [0.25, 0.3) is 0 Å². The lowest BCUT2D eigenvalue weighted by Crippen LogP contribution is -2.20. The van der Waals surface area contributed by atoms with Crippen LogP contribution < -0.4 is 6.15 Å². The Morgan fingerprint density at radius 1 is 0.947 bits per heavy atom. The van der Waals surface area contributed by atoms with Crippen molar-refractivity contribution in [2.45, 2.75) is 96.5 Å². The van der Waals surface area contributed by atoms with Gasteiger partial charge in [-0.1, -0.05) is 51.9 Å². The molecule has 0 unspecified atom stereocenters. The second-order valence-electron chi connectivity index (χ2n) is 5.62. The molecule has 0 atom stereocenters. The summed E-state index contributed by atoms with van der Waals surface area (Å²) in [5.41, 5.74) is 0. The van der Waals surface area contributed by atoms with Crippen LogP contribution in [0.1, 0.15) is 90.4 Å². The Hall–Kier alpha value is -0.570. The van der Waals surface area contributed by atoms with E-state index in [1.165, 1.54) is 57.8 Å². The summed E-state index contributed by atoms with van der Waals surface area (Å²) in [6, 6.07) is 0. The van der Waals surface area contributed by atoms with Crippen molar-refractivity contribution in [3.8, 4) is 0 Å². The van der Waals surface area contributed by atoms with E-state index in [0.717, 1.165) is 19.3 Å². The van der Waals surface area contributed by atoms with Crippen molar-refractivity contribution in [2.24, 2.45) is 0 Å². The Morgan fingerprint density at radius 3 is 2.16 bits per heavy atom. The molecule has 1 fully saturated rings. The van der Waals surface area contributed by atoms with Crippen LogP contribution in [0.5, 0.6) is 0 Å². The Kier molecular flexibility index (Phi) is 12.1. The first kappa shape index (κ1) is 18.4. The molecular formula is C16H33NO2. The average molecular weight is 271 g/mol. The first-order valence-corrected chi connectivity index (χ1v) is 8.02. The minimum atomic E-state index is 0. The molecule has 1 saturated carbocycles. The van der Waals surface area contributed by atoms with E-state index in [-0.39, 0.29) is 18.2 Å². The van der Waals surface area contributed by atoms with E-state index in [2.05, 4.69) is 6.92 Å². The van der Waals surface area contributed by atoms with Gasteiger partial charge in [0.05, 0.1) is 0 Å². The molecule has 0 saturated heterocycles. The Balaban J connectivity index is 0.00000324. The maximum atomic E-state index is 11.6. The molecule has 0 aromatic rings. The summed E-state index contributed by atoms with van der Waals surface area (Å²) in [6.45, 7) is 2.24. The summed E-state index contributed by atoms with van der Waals surface area (Å²) in [6.07, 6.45) is 15.6. The third kappa shape index (κ3) is 9.94. The average Bonchev–Trinajstić information content (AvgIpc) is 2.39. The summed E-state index contributed by atoms with van der Waals surface area (Å²) in [4.78, 5) is 11.6. The third-order valence-corrected chi connectivity index (χ3v) is 3.83. The highest BCUT2D eigenvalue weighted by Gasteiger charge is 2.17. The smallest absolute Gasteiger partial charge is 0.306 e. The van der Waals surface area contributed by atoms with Crippen molar-refractivity contribution in [3.63, 3.8) is 0 Å². The Bertz CT molecular complexity index is 213. The molecule has 0 aliphatic heterocycles. The van der Waals surface area contributed by atoms with Gasteiger partial charge in [0.15, 0.2) is 0 Å². The zero-order valence-corrected chi connectivity index (χ0v) is 12.8. The molecular weight excluding hydrogens is 238 g/mol. The van der Waals surface area contributed by atoms with Crippen LogP contribution in [0, 0.1) is 0 Å². The number of carbonyl (C=O) groups is 1. The maximum absolute atomic E-state index is 11.6. The largest absolute Gasteiger partial charge is 0.462 e. The van der Waals surface area contributed by atoms with E-state index in [1.807, 2.05) is 0 Å². The fourth-order valence-corrected chi connectivity index (χ4v) is 2.65. The number of carbonyl (C=O) groups excluding carboxylic acids is 1. The second kappa shape index (κ2) is 12.5. The van der Waals surface area contributed by atoms with Crippen molar-refractivity contribution >= 4 is 5.97 Å². The molecule has 3 heteroatoms. The topological polar surface area (TPSA) is 61.3 Å². The normalized spacial score (nSPS) is 15.8. The van der Waals surface area contributed by atoms with Crippen molar-refractivity contribution in [1.82, 2.24) is 6.15 Å². The summed E-state index contributed by atoms with van der Waals surface area (Å²) in [7, 11) is 0. The zero-order valence-electron chi connectivity index (χ0n) is 12.8. The van der Waals surface area contributed by atoms with Gasteiger partial charge in [-0.3, -0.25) is 4.79 Å². The molecule has 0 aromatic heterocycles. The van der Waals surface area contributed by atoms with Crippen LogP contribution in [0.25, 0.3) is 0 Å². The van der Waals surface area contributed by atoms with E-state index < -0.39 is 0 Å². The molecule has 3 N–H and O–H groups in total. The SMILES string of the molecule is CCCCCCCCCC(=O)OC1CCCCC1.N. The van der Waals surface area contributed by atoms with Gasteiger partial charge in [-0.05, 0) is 32.1 Å². The second-order valence-corrected chi connectivity index (χ2v) is 5.62. The third-order valence-electron chi connectivity index (χ3n) is 3.83. The lowest BCUT2D eigenvalue weighted by molar-refractivity contribution is -0.150. The Labute approximate surface area is 119 Å². The van der Waals surface area contributed by atoms with Gasteiger partial charge in [0, 0.05) is 6.42 Å². The molecule has 0 aromatic carbocycles. The molecule has 0 heterocycles. The predicted octanol–water partition coefficient (Wildman–Crippen LogP) is 5.17. The van der Waals surface area contributed by atoms with E-state index in [4.69, 9.17) is 4.74 Å². The van der Waals surface area contributed by atoms with Crippen molar-refractivity contribution in [3.05, 3.63) is 0 Å². The summed E-state index contributed by atoms with van der Waals surface area (Å²) < 4.78 is 5.50. The molecule has 0 bridgehead atoms. The maximum Gasteiger partial charge on any atom is 0.306 e. The van der Waals surface area contributed by atoms with E-state index in [1.54, 1.807) is 0 Å². The minimum Gasteiger partial charge on any atom is -0.462 e. The number of rotatable bonds is 9. The number of hydrogen-bond donors (Lipinski definition) is 1. The standard InChI is InChI=1S/C16H30O2.H3N/c1-2-3-4-5-6-7-11-14-16(17)18-15-12-9-8-10-13-15;/h15H,2-14H2,1H3;1H3. The molecule has 114 valence electrons. The molecule has 1 rings (SSSR count). The zero-order chi connectivity index (χ0) is 13.1. The van der Waals surface area contributed by atoms with Crippen LogP contribution in [0.2, 0.25) is 0 Å². The van der Waals surface area contributed by atoms with E-state index in [0.29, 0.717) is 6.42 Å². The van der Waals surface area contributed by atoms with Gasteiger partial charge < -0.3 is 10.9 Å². The van der Waals surface area contributed by atoms with E-state index in [9.17, 15) is 4.79 Å². The predicted molar refractivity (Wildman–Crippen MR) is 80.6 cm³/mol. The fourth-order valence-electron chi connectivity index (χ4n) is 2.65. The summed E-state index contributed by atoms with van der Waals surface area (Å²) >= 11 is 0. The number of hydrogen-bond acceptors (Lipinski definition) is 3. The Morgan fingerprint density at radius 2 is 1.53 bits per heavy atom. The van der Waals surface area contributed by atoms with Crippen LogP contribution in [0.15, 0.2) is 0 Å². The van der Waals surface area contributed by atoms with Gasteiger partial charge in [-0.25, -0.2) is 0 Å². The molecule has 1 aliphatic carbocycles. The van der Waals surface area contributed by atoms with Crippen molar-refractivity contribution < 1.29 is 9.53 Å². The molecule has 1 aliphatic rings. The van der Waals surface area contributed by atoms with Crippen LogP contribution in [0.3, 0.4) is 0 Å². The lowest BCUT2D eigenvalue weighted by atomic mass is 9.98. The van der Waals surface area contributed by atoms with Gasteiger partial charge in [0.1, 0.15) is 6.10 Å². The number of unbranched alkanes of at least 4 members (excludes halogenated alkanes) is 6. The molecule has 0 spiro atoms. The first-order chi connectivity index (χ1) is 8.83. The molecule has 19 heavy (non-hydrogen) atoms. The molecule has 3 nitrogen and oxygen atoms in total. The molecule has 0 amide bonds. The van der Waals surface area contributed by atoms with Crippen LogP contribution in [0.4, 0.5) is 0 Å². The van der Waals surface area contributed by atoms with Gasteiger partial charge in [-0.15, -0.1) is 0 Å². The van der Waals surface area contributed by atoms with Crippen LogP contribution in [-0.4, -0.2) is 12.1 Å². The first-order valence-electron chi connectivity index (χ1n) is 8.02. The highest BCUT2D eigenvalue weighted by atomic mass is 16.5. The minimum absolute atomic E-state index is 0. The van der Waals surface area contributed by atoms with Gasteiger partial charge >= 0.3 is 5.97 Å². The van der Waals surface area contributed by atoms with Crippen molar-refractivity contribution in [1.29, 1.82) is 0 Å². The van der Waals surface area contributed by atoms with Crippen LogP contribution in [-0.2, 0) is 9.53 Å². The molecule has 0 radical (unpaired) electrons. The highest BCUT2D eigenvalue weighted by Crippen LogP contribution is 2.21. The number of esters is 1. The highest BCUT2D eigenvalue weighted by molar-refractivity contribution is 5.69. The van der Waals surface area contributed by atoms with Crippen LogP contribution >= 0.6 is 0 Å². The van der Waals surface area contributed by atoms with Gasteiger partial charge in [-0.2, -0.15) is 0 Å².